The number of carbonyl (C=O) groups is 1. The Balaban J connectivity index is 1.69. The highest BCUT2D eigenvalue weighted by Crippen LogP contribution is 2.44. The first kappa shape index (κ1) is 17.3. The minimum atomic E-state index is -0.365. The molecule has 0 aromatic heterocycles. The van der Waals surface area contributed by atoms with Gasteiger partial charge in [-0.1, -0.05) is 54.6 Å². The van der Waals surface area contributed by atoms with Crippen LogP contribution in [0.15, 0.2) is 61.2 Å². The molecule has 0 fully saturated rings. The molecule has 1 N–H and O–H groups in total. The number of nitrogens with one attached hydrogen (secondary N) is 1. The van der Waals surface area contributed by atoms with Crippen molar-refractivity contribution < 1.29 is 9.53 Å². The fourth-order valence-electron chi connectivity index (χ4n) is 3.44. The van der Waals surface area contributed by atoms with E-state index in [1.807, 2.05) is 44.2 Å². The molecule has 1 aliphatic carbocycles. The van der Waals surface area contributed by atoms with Crippen LogP contribution in [0, 0.1) is 0 Å². The lowest BCUT2D eigenvalue weighted by molar-refractivity contribution is 0.132. The average molecular weight is 335 g/mol. The first-order valence-corrected chi connectivity index (χ1v) is 8.76. The molecule has 130 valence electrons. The molecule has 3 rings (SSSR count). The third kappa shape index (κ3) is 3.76. The normalized spacial score (nSPS) is 13.0. The van der Waals surface area contributed by atoms with E-state index in [2.05, 4.69) is 36.2 Å². The zero-order valence-corrected chi connectivity index (χ0v) is 14.9. The molecular weight excluding hydrogens is 310 g/mol. The number of amides is 1. The van der Waals surface area contributed by atoms with E-state index in [0.717, 1.165) is 12.8 Å². The highest BCUT2D eigenvalue weighted by Gasteiger charge is 2.29. The van der Waals surface area contributed by atoms with Crippen molar-refractivity contribution in [2.75, 3.05) is 6.61 Å². The molecule has 0 radical (unpaired) electrons. The van der Waals surface area contributed by atoms with Crippen LogP contribution >= 0.6 is 0 Å². The number of hydrogen-bond donors (Lipinski definition) is 1. The van der Waals surface area contributed by atoms with Gasteiger partial charge in [0.05, 0.1) is 0 Å². The number of fused-ring (bicyclic) bond motifs is 3. The predicted octanol–water partition coefficient (Wildman–Crippen LogP) is 5.27. The van der Waals surface area contributed by atoms with E-state index in [-0.39, 0.29) is 17.6 Å². The number of carbonyl (C=O) groups excluding carboxylic acids is 1. The van der Waals surface area contributed by atoms with E-state index in [1.54, 1.807) is 0 Å². The lowest BCUT2D eigenvalue weighted by Crippen LogP contribution is -2.43. The minimum Gasteiger partial charge on any atom is -0.449 e. The Kier molecular flexibility index (Phi) is 4.93. The van der Waals surface area contributed by atoms with Crippen molar-refractivity contribution in [2.45, 2.75) is 38.1 Å². The van der Waals surface area contributed by atoms with E-state index in [4.69, 9.17) is 4.74 Å². The van der Waals surface area contributed by atoms with Gasteiger partial charge in [0.15, 0.2) is 0 Å². The first-order valence-electron chi connectivity index (χ1n) is 8.76. The summed E-state index contributed by atoms with van der Waals surface area (Å²) >= 11 is 0. The van der Waals surface area contributed by atoms with E-state index in [1.165, 1.54) is 22.3 Å². The van der Waals surface area contributed by atoms with Crippen LogP contribution in [0.4, 0.5) is 4.79 Å². The number of alkyl carbamates (subject to hydrolysis) is 1. The summed E-state index contributed by atoms with van der Waals surface area (Å²) in [4.78, 5) is 12.2. The molecule has 3 heteroatoms. The maximum atomic E-state index is 12.2. The summed E-state index contributed by atoms with van der Waals surface area (Å²) in [5.74, 6) is 0.0921. The fourth-order valence-corrected chi connectivity index (χ4v) is 3.44. The van der Waals surface area contributed by atoms with Crippen molar-refractivity contribution >= 4 is 6.09 Å². The highest BCUT2D eigenvalue weighted by atomic mass is 16.5. The van der Waals surface area contributed by atoms with Crippen LogP contribution in [-0.4, -0.2) is 18.2 Å². The van der Waals surface area contributed by atoms with E-state index >= 15 is 0 Å². The lowest BCUT2D eigenvalue weighted by atomic mass is 9.98. The SMILES string of the molecule is C=CCCC(C)(C)NC(=O)OCC1c2ccccc2-c2ccccc21. The van der Waals surface area contributed by atoms with Crippen LogP contribution in [0.5, 0.6) is 0 Å². The molecule has 0 spiro atoms. The zero-order chi connectivity index (χ0) is 17.9. The summed E-state index contributed by atoms with van der Waals surface area (Å²) < 4.78 is 5.58. The number of benzene rings is 2. The molecule has 1 amide bonds. The monoisotopic (exact) mass is 335 g/mol. The van der Waals surface area contributed by atoms with Crippen molar-refractivity contribution in [2.24, 2.45) is 0 Å². The molecule has 0 heterocycles. The van der Waals surface area contributed by atoms with Crippen molar-refractivity contribution in [1.82, 2.24) is 5.32 Å². The number of allylic oxidation sites excluding steroid dienone is 1. The maximum absolute atomic E-state index is 12.2. The molecule has 3 nitrogen and oxygen atoms in total. The Morgan fingerprint density at radius 1 is 1.12 bits per heavy atom. The van der Waals surface area contributed by atoms with Gasteiger partial charge in [-0.15, -0.1) is 6.58 Å². The van der Waals surface area contributed by atoms with Crippen molar-refractivity contribution in [3.8, 4) is 11.1 Å². The van der Waals surface area contributed by atoms with Gasteiger partial charge in [0, 0.05) is 11.5 Å². The lowest BCUT2D eigenvalue weighted by Gasteiger charge is -2.25. The Morgan fingerprint density at radius 3 is 2.24 bits per heavy atom. The Bertz CT molecular complexity index is 734. The summed E-state index contributed by atoms with van der Waals surface area (Å²) in [7, 11) is 0. The van der Waals surface area contributed by atoms with Crippen LogP contribution in [0.3, 0.4) is 0 Å². The quantitative estimate of drug-likeness (QED) is 0.730. The van der Waals surface area contributed by atoms with Gasteiger partial charge in [-0.05, 0) is 48.9 Å². The molecule has 2 aromatic carbocycles. The van der Waals surface area contributed by atoms with Gasteiger partial charge in [-0.2, -0.15) is 0 Å². The second-order valence-electron chi connectivity index (χ2n) is 7.16. The van der Waals surface area contributed by atoms with Crippen LogP contribution in [0.25, 0.3) is 11.1 Å². The molecule has 0 atom stereocenters. The van der Waals surface area contributed by atoms with E-state index in [0.29, 0.717) is 6.61 Å². The standard InChI is InChI=1S/C22H25NO2/c1-4-5-14-22(2,3)23-21(24)25-15-20-18-12-8-6-10-16(18)17-11-7-9-13-19(17)20/h4,6-13,20H,1,5,14-15H2,2-3H3,(H,23,24). The molecule has 0 bridgehead atoms. The largest absolute Gasteiger partial charge is 0.449 e. The summed E-state index contributed by atoms with van der Waals surface area (Å²) in [6.07, 6.45) is 3.19. The molecule has 0 saturated heterocycles. The molecule has 25 heavy (non-hydrogen) atoms. The van der Waals surface area contributed by atoms with Gasteiger partial charge in [0.1, 0.15) is 6.61 Å². The van der Waals surface area contributed by atoms with Crippen LogP contribution in [0.1, 0.15) is 43.7 Å². The fraction of sp³-hybridized carbons (Fsp3) is 0.318. The van der Waals surface area contributed by atoms with Gasteiger partial charge < -0.3 is 10.1 Å². The van der Waals surface area contributed by atoms with Crippen LogP contribution in [0.2, 0.25) is 0 Å². The van der Waals surface area contributed by atoms with Gasteiger partial charge in [0.2, 0.25) is 0 Å². The van der Waals surface area contributed by atoms with Crippen LogP contribution in [-0.2, 0) is 4.74 Å². The third-order valence-corrected chi connectivity index (χ3v) is 4.76. The number of hydrogen-bond acceptors (Lipinski definition) is 2. The smallest absolute Gasteiger partial charge is 0.407 e. The summed E-state index contributed by atoms with van der Waals surface area (Å²) in [6.45, 7) is 8.07. The molecule has 1 aliphatic rings. The Hall–Kier alpha value is -2.55. The maximum Gasteiger partial charge on any atom is 0.407 e. The first-order chi connectivity index (χ1) is 12.0. The van der Waals surface area contributed by atoms with E-state index < -0.39 is 0 Å². The summed E-state index contributed by atoms with van der Waals surface area (Å²) in [5.41, 5.74) is 4.61. The molecule has 0 unspecified atom stereocenters. The zero-order valence-electron chi connectivity index (χ0n) is 14.9. The highest BCUT2D eigenvalue weighted by molar-refractivity contribution is 5.79. The minimum absolute atomic E-state index is 0.0921. The summed E-state index contributed by atoms with van der Waals surface area (Å²) in [5, 5.41) is 2.95. The second kappa shape index (κ2) is 7.14. The van der Waals surface area contributed by atoms with Gasteiger partial charge in [0.25, 0.3) is 0 Å². The predicted molar refractivity (Wildman–Crippen MR) is 102 cm³/mol. The molecular formula is C22H25NO2. The van der Waals surface area contributed by atoms with Crippen molar-refractivity contribution in [3.05, 3.63) is 72.3 Å². The van der Waals surface area contributed by atoms with Gasteiger partial charge in [-0.3, -0.25) is 0 Å². The van der Waals surface area contributed by atoms with E-state index in [9.17, 15) is 4.79 Å². The Morgan fingerprint density at radius 2 is 1.68 bits per heavy atom. The average Bonchev–Trinajstić information content (AvgIpc) is 2.92. The topological polar surface area (TPSA) is 38.3 Å². The van der Waals surface area contributed by atoms with Crippen molar-refractivity contribution in [1.29, 1.82) is 0 Å². The van der Waals surface area contributed by atoms with Gasteiger partial charge in [-0.25, -0.2) is 4.79 Å². The number of ether oxygens (including phenoxy) is 1. The molecule has 2 aromatic rings. The second-order valence-corrected chi connectivity index (χ2v) is 7.16. The summed E-state index contributed by atoms with van der Waals surface area (Å²) in [6, 6.07) is 16.7. The van der Waals surface area contributed by atoms with Crippen LogP contribution < -0.4 is 5.32 Å². The Labute approximate surface area is 149 Å². The van der Waals surface area contributed by atoms with Gasteiger partial charge >= 0.3 is 6.09 Å². The third-order valence-electron chi connectivity index (χ3n) is 4.76. The van der Waals surface area contributed by atoms with Crippen molar-refractivity contribution in [3.63, 3.8) is 0 Å². The molecule has 0 aliphatic heterocycles. The number of rotatable bonds is 6. The molecule has 0 saturated carbocycles.